The van der Waals surface area contributed by atoms with E-state index in [1.807, 2.05) is 0 Å². The van der Waals surface area contributed by atoms with Gasteiger partial charge in [-0.2, -0.15) is 13.2 Å². The van der Waals surface area contributed by atoms with Crippen LogP contribution in [0, 0.1) is 12.3 Å². The molecule has 1 heterocycles. The maximum atomic E-state index is 12.8. The summed E-state index contributed by atoms with van der Waals surface area (Å²) in [6.07, 6.45) is 4.92. The molecule has 2 aromatic rings. The first-order chi connectivity index (χ1) is 13.4. The van der Waals surface area contributed by atoms with Crippen molar-refractivity contribution in [1.29, 1.82) is 0 Å². The fraction of sp³-hybridized carbons (Fsp3) is 0.211. The predicted octanol–water partition coefficient (Wildman–Crippen LogP) is 2.95. The lowest BCUT2D eigenvalue weighted by Crippen LogP contribution is -2.27. The van der Waals surface area contributed by atoms with Gasteiger partial charge in [-0.25, -0.2) is 9.97 Å². The van der Waals surface area contributed by atoms with Gasteiger partial charge in [-0.1, -0.05) is 12.5 Å². The first-order valence-corrected chi connectivity index (χ1v) is 8.09. The minimum Gasteiger partial charge on any atom is -0.473 e. The molecule has 6 nitrogen and oxygen atoms in total. The van der Waals surface area contributed by atoms with Crippen LogP contribution in [-0.2, 0) is 11.0 Å². The molecule has 0 spiro atoms. The Morgan fingerprint density at radius 2 is 1.96 bits per heavy atom. The molecule has 9 heteroatoms. The van der Waals surface area contributed by atoms with E-state index < -0.39 is 11.7 Å². The van der Waals surface area contributed by atoms with Crippen molar-refractivity contribution in [2.75, 3.05) is 24.6 Å². The van der Waals surface area contributed by atoms with E-state index in [-0.39, 0.29) is 37.3 Å². The van der Waals surface area contributed by atoms with Gasteiger partial charge in [0.25, 0.3) is 5.88 Å². The fourth-order valence-electron chi connectivity index (χ4n) is 2.21. The van der Waals surface area contributed by atoms with Crippen LogP contribution < -0.4 is 15.0 Å². The topological polar surface area (TPSA) is 67.3 Å². The molecule has 2 rings (SSSR count). The summed E-state index contributed by atoms with van der Waals surface area (Å²) in [5.41, 5.74) is -0.373. The molecule has 146 valence electrons. The average molecular weight is 390 g/mol. The van der Waals surface area contributed by atoms with Crippen LogP contribution in [0.5, 0.6) is 5.88 Å². The highest BCUT2D eigenvalue weighted by molar-refractivity contribution is 5.86. The number of carbonyl (C=O) groups excluding carboxylic acids is 1. The molecule has 0 aliphatic carbocycles. The summed E-state index contributed by atoms with van der Waals surface area (Å²) in [5, 5.41) is 2.55. The van der Waals surface area contributed by atoms with Crippen molar-refractivity contribution in [3.05, 3.63) is 54.9 Å². The molecule has 1 aromatic heterocycles. The molecule has 28 heavy (non-hydrogen) atoms. The van der Waals surface area contributed by atoms with Crippen molar-refractivity contribution in [3.8, 4) is 18.2 Å². The number of aromatic nitrogens is 2. The molecule has 0 saturated heterocycles. The summed E-state index contributed by atoms with van der Waals surface area (Å²) in [6.45, 7) is 3.68. The van der Waals surface area contributed by atoms with E-state index in [4.69, 9.17) is 11.2 Å². The van der Waals surface area contributed by atoms with Crippen LogP contribution in [0.4, 0.5) is 24.7 Å². The largest absolute Gasteiger partial charge is 0.473 e. The third-order valence-electron chi connectivity index (χ3n) is 3.48. The molecule has 0 fully saturated rings. The van der Waals surface area contributed by atoms with E-state index in [0.717, 1.165) is 18.2 Å². The molecule has 0 atom stereocenters. The van der Waals surface area contributed by atoms with Crippen LogP contribution in [0.2, 0.25) is 0 Å². The Hall–Kier alpha value is -3.54. The molecular formula is C19H17F3N4O2. The lowest BCUT2D eigenvalue weighted by molar-refractivity contribution is -0.137. The third kappa shape index (κ3) is 5.48. The van der Waals surface area contributed by atoms with Gasteiger partial charge in [0.2, 0.25) is 5.91 Å². The average Bonchev–Trinajstić information content (AvgIpc) is 2.69. The lowest BCUT2D eigenvalue weighted by Gasteiger charge is -2.23. The number of nitrogens with one attached hydrogen (secondary N) is 1. The van der Waals surface area contributed by atoms with Crippen molar-refractivity contribution in [3.63, 3.8) is 0 Å². The number of amides is 1. The quantitative estimate of drug-likeness (QED) is 0.427. The van der Waals surface area contributed by atoms with Gasteiger partial charge < -0.3 is 15.0 Å². The van der Waals surface area contributed by atoms with E-state index in [9.17, 15) is 18.0 Å². The van der Waals surface area contributed by atoms with Crippen LogP contribution in [0.25, 0.3) is 0 Å². The number of halogens is 3. The molecule has 0 aliphatic heterocycles. The van der Waals surface area contributed by atoms with Crippen LogP contribution in [0.15, 0.2) is 49.3 Å². The smallest absolute Gasteiger partial charge is 0.416 e. The molecule has 1 N–H and O–H groups in total. The standard InChI is InChI=1S/C19H17F3N4O2/c1-3-12-26(15-7-5-14(6-8-15)19(20,21)22)17-18(25-10-9-24-17)28-13-11-23-16(27)4-2/h1,4-10H,2,11-13H2,(H,23,27). The Kier molecular flexibility index (Phi) is 6.98. The normalized spacial score (nSPS) is 10.6. The number of terminal acetylenes is 1. The van der Waals surface area contributed by atoms with Crippen molar-refractivity contribution < 1.29 is 22.7 Å². The van der Waals surface area contributed by atoms with Gasteiger partial charge >= 0.3 is 6.18 Å². The lowest BCUT2D eigenvalue weighted by atomic mass is 10.2. The zero-order valence-corrected chi connectivity index (χ0v) is 14.7. The molecule has 0 saturated carbocycles. The molecular weight excluding hydrogens is 373 g/mol. The van der Waals surface area contributed by atoms with E-state index in [1.165, 1.54) is 29.4 Å². The van der Waals surface area contributed by atoms with Crippen molar-refractivity contribution in [2.24, 2.45) is 0 Å². The third-order valence-corrected chi connectivity index (χ3v) is 3.48. The van der Waals surface area contributed by atoms with Gasteiger partial charge in [-0.3, -0.25) is 4.79 Å². The van der Waals surface area contributed by atoms with Crippen LogP contribution >= 0.6 is 0 Å². The monoisotopic (exact) mass is 390 g/mol. The van der Waals surface area contributed by atoms with Gasteiger partial charge in [-0.15, -0.1) is 6.42 Å². The summed E-state index contributed by atoms with van der Waals surface area (Å²) in [4.78, 5) is 20.9. The van der Waals surface area contributed by atoms with Crippen molar-refractivity contribution in [1.82, 2.24) is 15.3 Å². The number of hydrogen-bond acceptors (Lipinski definition) is 5. The van der Waals surface area contributed by atoms with E-state index in [0.29, 0.717) is 5.69 Å². The van der Waals surface area contributed by atoms with Gasteiger partial charge in [0.15, 0.2) is 5.82 Å². The van der Waals surface area contributed by atoms with Gasteiger partial charge in [0.1, 0.15) is 6.61 Å². The Morgan fingerprint density at radius 3 is 2.57 bits per heavy atom. The summed E-state index contributed by atoms with van der Waals surface area (Å²) < 4.78 is 43.9. The molecule has 1 aromatic carbocycles. The maximum absolute atomic E-state index is 12.8. The number of nitrogens with zero attached hydrogens (tertiary/aromatic N) is 3. The van der Waals surface area contributed by atoms with Crippen LogP contribution in [0.1, 0.15) is 5.56 Å². The first kappa shape index (κ1) is 20.8. The molecule has 0 radical (unpaired) electrons. The minimum absolute atomic E-state index is 0.0353. The van der Waals surface area contributed by atoms with Crippen LogP contribution in [0.3, 0.4) is 0 Å². The van der Waals surface area contributed by atoms with E-state index in [2.05, 4.69) is 27.8 Å². The minimum atomic E-state index is -4.44. The number of benzene rings is 1. The Balaban J connectivity index is 2.23. The first-order valence-electron chi connectivity index (χ1n) is 8.09. The molecule has 1 amide bonds. The second-order valence-electron chi connectivity index (χ2n) is 5.36. The number of alkyl halides is 3. The SMILES string of the molecule is C#CCN(c1ccc(C(F)(F)F)cc1)c1nccnc1OCCNC(=O)C=C. The highest BCUT2D eigenvalue weighted by atomic mass is 19.4. The Bertz CT molecular complexity index is 861. The number of ether oxygens (including phenoxy) is 1. The number of rotatable bonds is 8. The highest BCUT2D eigenvalue weighted by Gasteiger charge is 2.30. The highest BCUT2D eigenvalue weighted by Crippen LogP contribution is 2.33. The van der Waals surface area contributed by atoms with Crippen molar-refractivity contribution in [2.45, 2.75) is 6.18 Å². The zero-order chi connectivity index (χ0) is 20.6. The number of hydrogen-bond donors (Lipinski definition) is 1. The Morgan fingerprint density at radius 1 is 1.29 bits per heavy atom. The van der Waals surface area contributed by atoms with Crippen LogP contribution in [-0.4, -0.2) is 35.6 Å². The molecule has 0 unspecified atom stereocenters. The molecule has 0 aliphatic rings. The summed E-state index contributed by atoms with van der Waals surface area (Å²) in [7, 11) is 0. The number of anilines is 2. The van der Waals surface area contributed by atoms with E-state index >= 15 is 0 Å². The van der Waals surface area contributed by atoms with Gasteiger partial charge in [-0.05, 0) is 30.3 Å². The second-order valence-corrected chi connectivity index (χ2v) is 5.36. The van der Waals surface area contributed by atoms with E-state index in [1.54, 1.807) is 0 Å². The predicted molar refractivity (Wildman–Crippen MR) is 98.0 cm³/mol. The van der Waals surface area contributed by atoms with Gasteiger partial charge in [0, 0.05) is 18.1 Å². The summed E-state index contributed by atoms with van der Waals surface area (Å²) in [5.74, 6) is 2.47. The zero-order valence-electron chi connectivity index (χ0n) is 14.7. The number of carbonyl (C=O) groups is 1. The fourth-order valence-corrected chi connectivity index (χ4v) is 2.21. The second kappa shape index (κ2) is 9.41. The Labute approximate surface area is 160 Å². The van der Waals surface area contributed by atoms with Gasteiger partial charge in [0.05, 0.1) is 18.7 Å². The summed E-state index contributed by atoms with van der Waals surface area (Å²) >= 11 is 0. The maximum Gasteiger partial charge on any atom is 0.416 e. The van der Waals surface area contributed by atoms with Crippen molar-refractivity contribution >= 4 is 17.4 Å². The summed E-state index contributed by atoms with van der Waals surface area (Å²) in [6, 6.07) is 4.51. The molecule has 0 bridgehead atoms.